The van der Waals surface area contributed by atoms with Crippen molar-refractivity contribution in [1.29, 1.82) is 0 Å². The molecule has 0 aliphatic heterocycles. The van der Waals surface area contributed by atoms with Crippen LogP contribution in [0.4, 0.5) is 34.1 Å². The highest BCUT2D eigenvalue weighted by Crippen LogP contribution is 2.54. The van der Waals surface area contributed by atoms with E-state index in [1.807, 2.05) is 48.5 Å². The van der Waals surface area contributed by atoms with Crippen LogP contribution in [0.5, 0.6) is 0 Å². The summed E-state index contributed by atoms with van der Waals surface area (Å²) in [5, 5.41) is 11.9. The molecular formula is C54H43N5P2. The van der Waals surface area contributed by atoms with Crippen LogP contribution in [0.3, 0.4) is 0 Å². The number of aromatic nitrogens is 2. The van der Waals surface area contributed by atoms with Gasteiger partial charge in [-0.25, -0.2) is 0 Å². The lowest BCUT2D eigenvalue weighted by Gasteiger charge is -2.34. The van der Waals surface area contributed by atoms with Crippen LogP contribution in [0.15, 0.2) is 237 Å². The monoisotopic (exact) mass is 823 g/mol. The number of nitrogens with zero attached hydrogens (tertiary/aromatic N) is 3. The molecule has 0 fully saturated rings. The average Bonchev–Trinajstić information content (AvgIpc) is 3.65. The molecule has 2 heterocycles. The Morgan fingerprint density at radius 1 is 0.393 bits per heavy atom. The molecule has 2 N–H and O–H groups in total. The number of fused-ring (bicyclic) bond motifs is 4. The van der Waals surface area contributed by atoms with Gasteiger partial charge in [-0.05, 0) is 108 Å². The van der Waals surface area contributed by atoms with E-state index in [1.165, 1.54) is 49.5 Å². The van der Waals surface area contributed by atoms with E-state index >= 15 is 0 Å². The Morgan fingerprint density at radius 2 is 0.852 bits per heavy atom. The summed E-state index contributed by atoms with van der Waals surface area (Å²) in [5.74, 6) is 0. The summed E-state index contributed by atoms with van der Waals surface area (Å²) in [7, 11) is 2.09. The summed E-state index contributed by atoms with van der Waals surface area (Å²) in [6, 6.07) is 83.3. The summed E-state index contributed by atoms with van der Waals surface area (Å²) in [4.78, 5) is 0. The number of hydrogen-bond donors (Lipinski definition) is 2. The fraction of sp³-hybridized carbons (Fsp3) is 0. The lowest BCUT2D eigenvalue weighted by molar-refractivity contribution is 1.18. The molecule has 0 saturated carbocycles. The van der Waals surface area contributed by atoms with Crippen molar-refractivity contribution in [2.75, 3.05) is 15.3 Å². The average molecular weight is 824 g/mol. The highest BCUT2D eigenvalue weighted by atomic mass is 31.1. The molecule has 0 saturated heterocycles. The Morgan fingerprint density at radius 3 is 1.43 bits per heavy atom. The second-order valence-corrected chi connectivity index (χ2v) is 17.3. The van der Waals surface area contributed by atoms with E-state index < -0.39 is 7.84 Å². The first kappa shape index (κ1) is 37.9. The van der Waals surface area contributed by atoms with Gasteiger partial charge in [-0.3, -0.25) is 9.00 Å². The Kier molecular flexibility index (Phi) is 10.7. The van der Waals surface area contributed by atoms with Crippen molar-refractivity contribution >= 4 is 89.0 Å². The predicted molar refractivity (Wildman–Crippen MR) is 266 cm³/mol. The quantitative estimate of drug-likeness (QED) is 0.142. The van der Waals surface area contributed by atoms with Crippen LogP contribution in [-0.4, -0.2) is 8.90 Å². The molecule has 2 aromatic heterocycles. The second kappa shape index (κ2) is 17.1. The largest absolute Gasteiger partial charge is 0.354 e. The van der Waals surface area contributed by atoms with Gasteiger partial charge in [0.25, 0.3) is 0 Å². The van der Waals surface area contributed by atoms with Gasteiger partial charge in [-0.1, -0.05) is 133 Å². The standard InChI is InChI=1S/C36H27N3P2.C18H16N2/c40-30-24-28(37-33-19-9-7-17-31(33)32-18-8-10-20-34(32)37)23-29(25-30)38(26-13-3-1-4-14-26)41-36-22-12-11-21-35(36)39(41)27-15-5-2-6-16-27;1-3-9-15(10-4-1)19-17-13-7-8-14-18(17)20-16-11-5-2-6-12-16/h1-25H,40H2;1-14,19-20H. The third-order valence-electron chi connectivity index (χ3n) is 10.7. The molecule has 61 heavy (non-hydrogen) atoms. The van der Waals surface area contributed by atoms with E-state index in [2.05, 4.69) is 221 Å². The van der Waals surface area contributed by atoms with Crippen LogP contribution < -0.4 is 20.6 Å². The van der Waals surface area contributed by atoms with Crippen LogP contribution in [0.25, 0.3) is 43.8 Å². The van der Waals surface area contributed by atoms with Crippen molar-refractivity contribution in [1.82, 2.24) is 8.90 Å². The molecule has 11 aromatic rings. The maximum absolute atomic E-state index is 3.43. The molecule has 0 bridgehead atoms. The number of rotatable bonds is 9. The number of anilines is 6. The molecular weight excluding hydrogens is 781 g/mol. The number of hydrogen-bond acceptors (Lipinski definition) is 3. The van der Waals surface area contributed by atoms with E-state index in [0.29, 0.717) is 0 Å². The van der Waals surface area contributed by atoms with Crippen LogP contribution in [-0.2, 0) is 0 Å². The van der Waals surface area contributed by atoms with E-state index in [4.69, 9.17) is 0 Å². The second-order valence-electron chi connectivity index (χ2n) is 14.8. The van der Waals surface area contributed by atoms with Crippen molar-refractivity contribution < 1.29 is 0 Å². The summed E-state index contributed by atoms with van der Waals surface area (Å²) in [6.07, 6.45) is 0. The maximum atomic E-state index is 3.43. The number of nitrogens with one attached hydrogen (secondary N) is 2. The summed E-state index contributed by atoms with van der Waals surface area (Å²) in [5.41, 5.74) is 12.7. The SMILES string of the molecule is Pc1cc(N(c2ccccc2)p2c3ccccc3n2-c2ccccc2)cc(-n2c3ccccc3c3ccccc32)c1.c1ccc(Nc2ccccc2Nc2ccccc2)cc1. The molecule has 7 heteroatoms. The van der Waals surface area contributed by atoms with Crippen LogP contribution >= 0.6 is 17.1 Å². The molecule has 2 unspecified atom stereocenters. The molecule has 5 nitrogen and oxygen atoms in total. The third kappa shape index (κ3) is 7.70. The summed E-state index contributed by atoms with van der Waals surface area (Å²) in [6.45, 7) is 0. The lowest BCUT2D eigenvalue weighted by Crippen LogP contribution is -2.16. The maximum Gasteiger partial charge on any atom is 0.0705 e. The van der Waals surface area contributed by atoms with Crippen molar-refractivity contribution in [2.45, 2.75) is 0 Å². The van der Waals surface area contributed by atoms with Gasteiger partial charge in [0.1, 0.15) is 0 Å². The molecule has 0 amide bonds. The van der Waals surface area contributed by atoms with E-state index in [1.54, 1.807) is 0 Å². The molecule has 0 aliphatic carbocycles. The zero-order chi connectivity index (χ0) is 41.0. The first-order valence-corrected chi connectivity index (χ1v) is 22.2. The minimum atomic E-state index is -0.873. The van der Waals surface area contributed by atoms with Crippen molar-refractivity contribution in [3.63, 3.8) is 0 Å². The fourth-order valence-electron chi connectivity index (χ4n) is 8.05. The predicted octanol–water partition coefficient (Wildman–Crippen LogP) is 15.0. The Hall–Kier alpha value is -7.29. The van der Waals surface area contributed by atoms with Gasteiger partial charge in [-0.15, -0.1) is 9.24 Å². The molecule has 294 valence electrons. The van der Waals surface area contributed by atoms with Crippen molar-refractivity contribution in [3.8, 4) is 11.4 Å². The molecule has 0 radical (unpaired) electrons. The topological polar surface area (TPSA) is 37.2 Å². The molecule has 9 aromatic carbocycles. The smallest absolute Gasteiger partial charge is 0.0705 e. The van der Waals surface area contributed by atoms with Crippen LogP contribution in [0.2, 0.25) is 0 Å². The first-order chi connectivity index (χ1) is 30.2. The van der Waals surface area contributed by atoms with Crippen LogP contribution in [0.1, 0.15) is 0 Å². The zero-order valence-electron chi connectivity index (χ0n) is 33.4. The summed E-state index contributed by atoms with van der Waals surface area (Å²) >= 11 is 0. The Bertz CT molecular complexity index is 3100. The minimum absolute atomic E-state index is 0.873. The van der Waals surface area contributed by atoms with Gasteiger partial charge < -0.3 is 15.2 Å². The number of para-hydroxylation sites is 9. The Labute approximate surface area is 359 Å². The highest BCUT2D eigenvalue weighted by Gasteiger charge is 2.25. The first-order valence-electron chi connectivity index (χ1n) is 20.4. The summed E-state index contributed by atoms with van der Waals surface area (Å²) < 4.78 is 7.45. The molecule has 11 rings (SSSR count). The van der Waals surface area contributed by atoms with Gasteiger partial charge >= 0.3 is 0 Å². The third-order valence-corrected chi connectivity index (χ3v) is 13.6. The lowest BCUT2D eigenvalue weighted by atomic mass is 10.2. The van der Waals surface area contributed by atoms with Crippen LogP contribution in [0, 0.1) is 0 Å². The van der Waals surface area contributed by atoms with E-state index in [-0.39, 0.29) is 0 Å². The van der Waals surface area contributed by atoms with Gasteiger partial charge in [0.05, 0.1) is 57.9 Å². The van der Waals surface area contributed by atoms with Gasteiger partial charge in [-0.2, -0.15) is 0 Å². The zero-order valence-corrected chi connectivity index (χ0v) is 35.4. The minimum Gasteiger partial charge on any atom is -0.354 e. The Balaban J connectivity index is 0.000000187. The molecule has 0 spiro atoms. The van der Waals surface area contributed by atoms with Gasteiger partial charge in [0.2, 0.25) is 0 Å². The van der Waals surface area contributed by atoms with E-state index in [0.717, 1.165) is 33.7 Å². The number of benzene rings is 9. The van der Waals surface area contributed by atoms with Crippen molar-refractivity contribution in [2.24, 2.45) is 0 Å². The fourth-order valence-corrected chi connectivity index (χ4v) is 10.9. The highest BCUT2D eigenvalue weighted by molar-refractivity contribution is 7.56. The normalized spacial score (nSPS) is 11.3. The van der Waals surface area contributed by atoms with Gasteiger partial charge in [0, 0.05) is 27.8 Å². The van der Waals surface area contributed by atoms with E-state index in [9.17, 15) is 0 Å². The molecule has 2 atom stereocenters. The van der Waals surface area contributed by atoms with Gasteiger partial charge in [0.15, 0.2) is 0 Å². The van der Waals surface area contributed by atoms with Crippen molar-refractivity contribution in [3.05, 3.63) is 237 Å². The molecule has 0 aliphatic rings.